The molecule has 2 aromatic carbocycles. The minimum Gasteiger partial charge on any atom is -0.457 e. The third kappa shape index (κ3) is 5.08. The van der Waals surface area contributed by atoms with Gasteiger partial charge in [0.15, 0.2) is 5.78 Å². The van der Waals surface area contributed by atoms with E-state index in [2.05, 4.69) is 0 Å². The number of fused-ring (bicyclic) bond motifs is 1. The number of hydrogen-bond acceptors (Lipinski definition) is 6. The molecule has 0 fully saturated rings. The average molecular weight is 545 g/mol. The van der Waals surface area contributed by atoms with Crippen LogP contribution >= 0.6 is 11.8 Å². The SMILES string of the molecule is CSC1=CCC(C)(S(=O)(=O)n2ccc3cc(Oc4ccc(F)c(C(=O)C=CN(C)C)c4)ccc32)C(F)=C1. The number of carbonyl (C=O) groups is 1. The summed E-state index contributed by atoms with van der Waals surface area (Å²) in [6, 6.07) is 10.2. The van der Waals surface area contributed by atoms with Crippen molar-refractivity contribution in [1.29, 1.82) is 0 Å². The molecule has 4 rings (SSSR count). The predicted octanol–water partition coefficient (Wildman–Crippen LogP) is 6.27. The maximum atomic E-state index is 15.0. The Morgan fingerprint density at radius 1 is 1.14 bits per heavy atom. The van der Waals surface area contributed by atoms with Crippen molar-refractivity contribution >= 4 is 38.5 Å². The number of hydrogen-bond donors (Lipinski definition) is 0. The zero-order valence-electron chi connectivity index (χ0n) is 20.7. The van der Waals surface area contributed by atoms with Crippen molar-refractivity contribution in [3.8, 4) is 11.5 Å². The summed E-state index contributed by atoms with van der Waals surface area (Å²) in [6.07, 6.45) is 8.99. The lowest BCUT2D eigenvalue weighted by Crippen LogP contribution is -2.40. The molecule has 194 valence electrons. The van der Waals surface area contributed by atoms with Crippen LogP contribution in [0.15, 0.2) is 83.8 Å². The predicted molar refractivity (Wildman–Crippen MR) is 144 cm³/mol. The first-order valence-electron chi connectivity index (χ1n) is 11.3. The highest BCUT2D eigenvalue weighted by molar-refractivity contribution is 8.02. The summed E-state index contributed by atoms with van der Waals surface area (Å²) in [6.45, 7) is 1.38. The van der Waals surface area contributed by atoms with Crippen LogP contribution in [0.25, 0.3) is 10.9 Å². The summed E-state index contributed by atoms with van der Waals surface area (Å²) in [5, 5.41) is 0.553. The zero-order chi connectivity index (χ0) is 27.0. The molecule has 1 unspecified atom stereocenters. The lowest BCUT2D eigenvalue weighted by atomic mass is 10.0. The van der Waals surface area contributed by atoms with Gasteiger partial charge in [-0.25, -0.2) is 21.2 Å². The van der Waals surface area contributed by atoms with Gasteiger partial charge in [-0.3, -0.25) is 4.79 Å². The second kappa shape index (κ2) is 10.2. The highest BCUT2D eigenvalue weighted by Crippen LogP contribution is 2.40. The Bertz CT molecular complexity index is 1570. The van der Waals surface area contributed by atoms with E-state index in [9.17, 15) is 17.6 Å². The number of ether oxygens (including phenoxy) is 1. The van der Waals surface area contributed by atoms with Gasteiger partial charge in [-0.1, -0.05) is 6.08 Å². The number of allylic oxidation sites excluding steroid dienone is 3. The van der Waals surface area contributed by atoms with Gasteiger partial charge in [-0.15, -0.1) is 11.8 Å². The molecular formula is C27H26F2N2O4S2. The summed E-state index contributed by atoms with van der Waals surface area (Å²) in [7, 11) is -0.648. The van der Waals surface area contributed by atoms with Crippen molar-refractivity contribution < 1.29 is 26.7 Å². The normalized spacial score (nSPS) is 18.1. The van der Waals surface area contributed by atoms with Gasteiger partial charge in [0.1, 0.15) is 27.9 Å². The highest BCUT2D eigenvalue weighted by atomic mass is 32.2. The third-order valence-corrected chi connectivity index (χ3v) is 9.21. The van der Waals surface area contributed by atoms with Crippen molar-refractivity contribution in [3.05, 3.63) is 95.2 Å². The molecule has 10 heteroatoms. The van der Waals surface area contributed by atoms with Crippen LogP contribution in [-0.2, 0) is 10.0 Å². The third-order valence-electron chi connectivity index (χ3n) is 6.12. The smallest absolute Gasteiger partial charge is 0.251 e. The molecule has 1 aliphatic carbocycles. The molecule has 1 heterocycles. The number of halogens is 2. The standard InChI is InChI=1S/C27H26F2N2O4S2/c1-27(12-9-21(36-4)17-26(27)29)37(33,34)31-14-10-18-15-19(6-8-24(18)31)35-20-5-7-23(28)22(16-20)25(32)11-13-30(2)3/h5-11,13-17H,12H2,1-4H3. The molecule has 1 aromatic heterocycles. The molecular weight excluding hydrogens is 518 g/mol. The number of benzene rings is 2. The van der Waals surface area contributed by atoms with Gasteiger partial charge in [-0.05, 0) is 68.1 Å². The molecule has 0 amide bonds. The van der Waals surface area contributed by atoms with Crippen molar-refractivity contribution in [1.82, 2.24) is 8.87 Å². The average Bonchev–Trinajstić information content (AvgIpc) is 3.29. The van der Waals surface area contributed by atoms with Gasteiger partial charge in [0, 0.05) is 42.9 Å². The van der Waals surface area contributed by atoms with Crippen LogP contribution in [0.1, 0.15) is 23.7 Å². The Morgan fingerprint density at radius 3 is 2.51 bits per heavy atom. The quantitative estimate of drug-likeness (QED) is 0.246. The molecule has 0 saturated carbocycles. The maximum Gasteiger partial charge on any atom is 0.251 e. The minimum absolute atomic E-state index is 0.0179. The van der Waals surface area contributed by atoms with Crippen LogP contribution in [0.2, 0.25) is 0 Å². The summed E-state index contributed by atoms with van der Waals surface area (Å²) >= 11 is 1.35. The van der Waals surface area contributed by atoms with Gasteiger partial charge in [-0.2, -0.15) is 0 Å². The van der Waals surface area contributed by atoms with Crippen molar-refractivity contribution in [2.75, 3.05) is 20.4 Å². The minimum atomic E-state index is -4.14. The molecule has 0 spiro atoms. The molecule has 0 radical (unpaired) electrons. The van der Waals surface area contributed by atoms with Gasteiger partial charge in [0.25, 0.3) is 10.0 Å². The zero-order valence-corrected chi connectivity index (χ0v) is 22.4. The van der Waals surface area contributed by atoms with Crippen molar-refractivity contribution in [3.63, 3.8) is 0 Å². The second-order valence-corrected chi connectivity index (χ2v) is 12.1. The summed E-state index contributed by atoms with van der Waals surface area (Å²) < 4.78 is 61.5. The van der Waals surface area contributed by atoms with E-state index < -0.39 is 32.2 Å². The van der Waals surface area contributed by atoms with Gasteiger partial charge in [0.05, 0.1) is 11.1 Å². The first kappa shape index (κ1) is 26.7. The number of rotatable bonds is 8. The summed E-state index contributed by atoms with van der Waals surface area (Å²) in [5.41, 5.74) is 0.230. The largest absolute Gasteiger partial charge is 0.457 e. The Kier molecular flexibility index (Phi) is 7.34. The molecule has 0 N–H and O–H groups in total. The van der Waals surface area contributed by atoms with Crippen LogP contribution in [0.3, 0.4) is 0 Å². The fourth-order valence-electron chi connectivity index (χ4n) is 3.88. The first-order valence-corrected chi connectivity index (χ1v) is 14.0. The Hall–Kier alpha value is -3.37. The van der Waals surface area contributed by atoms with E-state index in [1.807, 2.05) is 0 Å². The number of aromatic nitrogens is 1. The van der Waals surface area contributed by atoms with Crippen LogP contribution < -0.4 is 4.74 Å². The Morgan fingerprint density at radius 2 is 1.84 bits per heavy atom. The molecule has 3 aromatic rings. The van der Waals surface area contributed by atoms with E-state index in [1.54, 1.807) is 55.6 Å². The second-order valence-electron chi connectivity index (χ2n) is 8.96. The number of carbonyl (C=O) groups excluding carboxylic acids is 1. The van der Waals surface area contributed by atoms with Crippen molar-refractivity contribution in [2.24, 2.45) is 0 Å². The van der Waals surface area contributed by atoms with Gasteiger partial charge in [0.2, 0.25) is 0 Å². The molecule has 0 aliphatic heterocycles. The molecule has 0 bridgehead atoms. The van der Waals surface area contributed by atoms with Crippen LogP contribution in [-0.4, -0.2) is 48.2 Å². The van der Waals surface area contributed by atoms with E-state index >= 15 is 4.39 Å². The van der Waals surface area contributed by atoms with Crippen LogP contribution in [0.4, 0.5) is 8.78 Å². The molecule has 0 saturated heterocycles. The lowest BCUT2D eigenvalue weighted by molar-refractivity contribution is 0.104. The topological polar surface area (TPSA) is 68.6 Å². The van der Waals surface area contributed by atoms with E-state index in [0.717, 1.165) is 10.0 Å². The van der Waals surface area contributed by atoms with Crippen LogP contribution in [0.5, 0.6) is 11.5 Å². The molecule has 1 atom stereocenters. The monoisotopic (exact) mass is 544 g/mol. The first-order chi connectivity index (χ1) is 17.5. The molecule has 6 nitrogen and oxygen atoms in total. The Labute approximate surface area is 219 Å². The van der Waals surface area contributed by atoms with Gasteiger partial charge >= 0.3 is 0 Å². The molecule has 37 heavy (non-hydrogen) atoms. The number of ketones is 1. The van der Waals surface area contributed by atoms with E-state index in [4.69, 9.17) is 4.74 Å². The maximum absolute atomic E-state index is 15.0. The van der Waals surface area contributed by atoms with E-state index in [0.29, 0.717) is 21.6 Å². The van der Waals surface area contributed by atoms with Crippen LogP contribution in [0, 0.1) is 5.82 Å². The summed E-state index contributed by atoms with van der Waals surface area (Å²) in [4.78, 5) is 14.7. The highest BCUT2D eigenvalue weighted by Gasteiger charge is 2.46. The summed E-state index contributed by atoms with van der Waals surface area (Å²) in [5.74, 6) is -1.28. The van der Waals surface area contributed by atoms with E-state index in [1.165, 1.54) is 55.4 Å². The Balaban J connectivity index is 1.63. The van der Waals surface area contributed by atoms with Gasteiger partial charge < -0.3 is 9.64 Å². The van der Waals surface area contributed by atoms with Crippen molar-refractivity contribution in [2.45, 2.75) is 18.1 Å². The molecule has 1 aliphatic rings. The lowest BCUT2D eigenvalue weighted by Gasteiger charge is -2.30. The fraction of sp³-hybridized carbons (Fsp3) is 0.222. The number of nitrogens with zero attached hydrogens (tertiary/aromatic N) is 2. The fourth-order valence-corrected chi connectivity index (χ4v) is 6.04. The van der Waals surface area contributed by atoms with E-state index in [-0.39, 0.29) is 17.7 Å². The number of thioether (sulfide) groups is 1.